The second kappa shape index (κ2) is 16.7. The van der Waals surface area contributed by atoms with Gasteiger partial charge in [-0.2, -0.15) is 0 Å². The van der Waals surface area contributed by atoms with E-state index in [1.807, 2.05) is 49.4 Å². The van der Waals surface area contributed by atoms with Gasteiger partial charge < -0.3 is 15.0 Å². The van der Waals surface area contributed by atoms with E-state index >= 15 is 0 Å². The van der Waals surface area contributed by atoms with E-state index in [1.54, 1.807) is 41.3 Å². The first-order chi connectivity index (χ1) is 21.6. The average Bonchev–Trinajstić information content (AvgIpc) is 3.03. The molecule has 10 heteroatoms. The molecule has 0 unspecified atom stereocenters. The Morgan fingerprint density at radius 1 is 0.933 bits per heavy atom. The highest BCUT2D eigenvalue weighted by Crippen LogP contribution is 2.24. The van der Waals surface area contributed by atoms with Crippen LogP contribution in [0.3, 0.4) is 0 Å². The third-order valence-electron chi connectivity index (χ3n) is 8.08. The van der Waals surface area contributed by atoms with Gasteiger partial charge in [-0.15, -0.1) is 0 Å². The minimum absolute atomic E-state index is 0.0681. The van der Waals surface area contributed by atoms with Gasteiger partial charge in [-0.25, -0.2) is 8.42 Å². The lowest BCUT2D eigenvalue weighted by Crippen LogP contribution is -2.52. The van der Waals surface area contributed by atoms with Gasteiger partial charge in [-0.3, -0.25) is 13.9 Å². The molecule has 0 saturated heterocycles. The van der Waals surface area contributed by atoms with Crippen LogP contribution in [-0.4, -0.2) is 56.6 Å². The van der Waals surface area contributed by atoms with Crippen LogP contribution in [0.2, 0.25) is 5.02 Å². The number of nitrogens with zero attached hydrogens (tertiary/aromatic N) is 2. The summed E-state index contributed by atoms with van der Waals surface area (Å²) in [5.41, 5.74) is 2.30. The zero-order chi connectivity index (χ0) is 32.2. The van der Waals surface area contributed by atoms with Crippen LogP contribution < -0.4 is 14.4 Å². The maximum absolute atomic E-state index is 14.1. The Bertz CT molecular complexity index is 1480. The van der Waals surface area contributed by atoms with Crippen LogP contribution in [-0.2, 0) is 32.6 Å². The second-order valence-corrected chi connectivity index (χ2v) is 13.9. The quantitative estimate of drug-likeness (QED) is 0.206. The molecule has 1 fully saturated rings. The molecule has 0 spiro atoms. The van der Waals surface area contributed by atoms with Crippen LogP contribution in [0.5, 0.6) is 5.75 Å². The molecule has 1 aliphatic carbocycles. The smallest absolute Gasteiger partial charge is 0.243 e. The van der Waals surface area contributed by atoms with Crippen LogP contribution in [0.15, 0.2) is 78.9 Å². The van der Waals surface area contributed by atoms with E-state index < -0.39 is 16.1 Å². The first-order valence-corrected chi connectivity index (χ1v) is 18.0. The number of amides is 2. The lowest BCUT2D eigenvalue weighted by Gasteiger charge is -2.34. The van der Waals surface area contributed by atoms with E-state index in [2.05, 4.69) is 5.32 Å². The number of carbonyl (C=O) groups is 2. The topological polar surface area (TPSA) is 96.0 Å². The van der Waals surface area contributed by atoms with Crippen molar-refractivity contribution in [1.82, 2.24) is 10.2 Å². The molecule has 0 aliphatic heterocycles. The van der Waals surface area contributed by atoms with Gasteiger partial charge in [-0.05, 0) is 73.7 Å². The molecule has 1 atom stereocenters. The summed E-state index contributed by atoms with van der Waals surface area (Å²) in [6.45, 7) is 2.73. The van der Waals surface area contributed by atoms with E-state index in [0.717, 1.165) is 43.1 Å². The number of halogens is 1. The number of ether oxygens (including phenoxy) is 1. The summed E-state index contributed by atoms with van der Waals surface area (Å²) in [6.07, 6.45) is 7.05. The maximum atomic E-state index is 14.1. The highest BCUT2D eigenvalue weighted by atomic mass is 35.5. The van der Waals surface area contributed by atoms with Crippen molar-refractivity contribution in [2.45, 2.75) is 76.9 Å². The molecule has 1 saturated carbocycles. The predicted octanol–water partition coefficient (Wildman–Crippen LogP) is 6.37. The molecule has 3 aromatic rings. The van der Waals surface area contributed by atoms with Gasteiger partial charge in [0, 0.05) is 37.0 Å². The molecule has 8 nitrogen and oxygen atoms in total. The zero-order valence-corrected chi connectivity index (χ0v) is 27.7. The molecule has 0 bridgehead atoms. The number of rotatable bonds is 15. The summed E-state index contributed by atoms with van der Waals surface area (Å²) in [4.78, 5) is 29.7. The van der Waals surface area contributed by atoms with Crippen molar-refractivity contribution in [3.05, 3.63) is 95.0 Å². The number of hydrogen-bond donors (Lipinski definition) is 1. The zero-order valence-electron chi connectivity index (χ0n) is 26.2. The van der Waals surface area contributed by atoms with Gasteiger partial charge in [0.25, 0.3) is 0 Å². The van der Waals surface area contributed by atoms with Crippen molar-refractivity contribution in [2.24, 2.45) is 0 Å². The molecule has 0 aromatic heterocycles. The highest BCUT2D eigenvalue weighted by molar-refractivity contribution is 7.92. The first-order valence-electron chi connectivity index (χ1n) is 15.7. The molecule has 4 rings (SSSR count). The van der Waals surface area contributed by atoms with E-state index in [1.165, 1.54) is 10.7 Å². The van der Waals surface area contributed by atoms with E-state index in [0.29, 0.717) is 29.5 Å². The van der Waals surface area contributed by atoms with E-state index in [9.17, 15) is 18.0 Å². The molecular formula is C35H44ClN3O5S. The van der Waals surface area contributed by atoms with Crippen LogP contribution in [0.1, 0.15) is 63.0 Å². The molecule has 0 radical (unpaired) electrons. The van der Waals surface area contributed by atoms with Crippen molar-refractivity contribution < 1.29 is 22.7 Å². The van der Waals surface area contributed by atoms with Crippen LogP contribution >= 0.6 is 11.6 Å². The van der Waals surface area contributed by atoms with Crippen molar-refractivity contribution in [1.29, 1.82) is 0 Å². The maximum Gasteiger partial charge on any atom is 0.243 e. The Hall–Kier alpha value is -3.56. The Kier molecular flexibility index (Phi) is 12.7. The molecule has 242 valence electrons. The molecular weight excluding hydrogens is 610 g/mol. The minimum Gasteiger partial charge on any atom is -0.494 e. The summed E-state index contributed by atoms with van der Waals surface area (Å²) in [5.74, 6) is 0.267. The molecule has 2 amide bonds. The fourth-order valence-corrected chi connectivity index (χ4v) is 6.86. The van der Waals surface area contributed by atoms with E-state index in [4.69, 9.17) is 16.3 Å². The van der Waals surface area contributed by atoms with Gasteiger partial charge in [0.2, 0.25) is 21.8 Å². The van der Waals surface area contributed by atoms with Crippen molar-refractivity contribution in [3.63, 3.8) is 0 Å². The predicted molar refractivity (Wildman–Crippen MR) is 180 cm³/mol. The normalized spacial score (nSPS) is 14.4. The number of anilines is 1. The van der Waals surface area contributed by atoms with Crippen LogP contribution in [0, 0.1) is 0 Å². The molecule has 45 heavy (non-hydrogen) atoms. The fraction of sp³-hybridized carbons (Fsp3) is 0.429. The van der Waals surface area contributed by atoms with Gasteiger partial charge in [0.05, 0.1) is 18.6 Å². The number of carbonyl (C=O) groups excluding carboxylic acids is 2. The second-order valence-electron chi connectivity index (χ2n) is 11.6. The summed E-state index contributed by atoms with van der Waals surface area (Å²) < 4.78 is 32.3. The number of benzene rings is 3. The SMILES string of the molecule is CCOc1ccc(N(CCCC(=O)N(Cc2ccc(Cl)cc2)[C@H](Cc2ccccc2)C(=O)NC2CCCCC2)S(C)(=O)=O)cc1. The Morgan fingerprint density at radius 3 is 2.22 bits per heavy atom. The van der Waals surface area contributed by atoms with Gasteiger partial charge in [-0.1, -0.05) is 73.3 Å². The lowest BCUT2D eigenvalue weighted by atomic mass is 9.94. The van der Waals surface area contributed by atoms with Crippen LogP contribution in [0.4, 0.5) is 5.69 Å². The Labute approximate surface area is 272 Å². The number of sulfonamides is 1. The molecule has 1 aliphatic rings. The van der Waals surface area contributed by atoms with E-state index in [-0.39, 0.29) is 43.8 Å². The Balaban J connectivity index is 1.56. The Morgan fingerprint density at radius 2 is 1.60 bits per heavy atom. The number of nitrogens with one attached hydrogen (secondary N) is 1. The molecule has 1 N–H and O–H groups in total. The van der Waals surface area contributed by atoms with Crippen molar-refractivity contribution in [2.75, 3.05) is 23.7 Å². The fourth-order valence-electron chi connectivity index (χ4n) is 5.76. The van der Waals surface area contributed by atoms with Crippen molar-refractivity contribution in [3.8, 4) is 5.75 Å². The lowest BCUT2D eigenvalue weighted by molar-refractivity contribution is -0.141. The number of hydrogen-bond acceptors (Lipinski definition) is 5. The molecule has 0 heterocycles. The average molecular weight is 654 g/mol. The summed E-state index contributed by atoms with van der Waals surface area (Å²) in [6, 6.07) is 23.2. The monoisotopic (exact) mass is 653 g/mol. The largest absolute Gasteiger partial charge is 0.494 e. The summed E-state index contributed by atoms with van der Waals surface area (Å²) in [5, 5.41) is 3.83. The molecule has 3 aromatic carbocycles. The van der Waals surface area contributed by atoms with Gasteiger partial charge in [0.15, 0.2) is 0 Å². The third-order valence-corrected chi connectivity index (χ3v) is 9.52. The standard InChI is InChI=1S/C35H44ClN3O5S/c1-3-44-32-22-20-31(21-23-32)39(45(2,42)43)24-10-15-34(40)38(26-28-16-18-29(36)19-17-28)33(25-27-11-6-4-7-12-27)35(41)37-30-13-8-5-9-14-30/h4,6-7,11-12,16-23,30,33H,3,5,8-10,13-15,24-26H2,1-2H3,(H,37,41)/t33-/m1/s1. The summed E-state index contributed by atoms with van der Waals surface area (Å²) in [7, 11) is -3.61. The minimum atomic E-state index is -3.61. The van der Waals surface area contributed by atoms with Gasteiger partial charge >= 0.3 is 0 Å². The van der Waals surface area contributed by atoms with Crippen LogP contribution in [0.25, 0.3) is 0 Å². The third kappa shape index (κ3) is 10.5. The van der Waals surface area contributed by atoms with Crippen molar-refractivity contribution >= 4 is 39.1 Å². The first kappa shape index (κ1) is 34.3. The highest BCUT2D eigenvalue weighted by Gasteiger charge is 2.32. The van der Waals surface area contributed by atoms with Gasteiger partial charge in [0.1, 0.15) is 11.8 Å². The summed E-state index contributed by atoms with van der Waals surface area (Å²) >= 11 is 6.14.